The lowest BCUT2D eigenvalue weighted by Crippen LogP contribution is -2.39. The van der Waals surface area contributed by atoms with E-state index >= 15 is 0 Å². The normalized spacial score (nSPS) is 15.3. The molecular formula is C19H11FN2O5. The highest BCUT2D eigenvalue weighted by molar-refractivity contribution is 6.34. The highest BCUT2D eigenvalue weighted by atomic mass is 19.1. The molecule has 8 heteroatoms. The Morgan fingerprint density at radius 3 is 2.59 bits per heavy atom. The van der Waals surface area contributed by atoms with Crippen LogP contribution >= 0.6 is 0 Å². The van der Waals surface area contributed by atoms with Crippen molar-refractivity contribution in [2.24, 2.45) is 0 Å². The molecule has 3 amide bonds. The van der Waals surface area contributed by atoms with E-state index in [9.17, 15) is 23.9 Å². The molecule has 2 aromatic rings. The molecule has 2 aromatic carbocycles. The molecule has 0 bridgehead atoms. The Morgan fingerprint density at radius 2 is 1.85 bits per heavy atom. The summed E-state index contributed by atoms with van der Waals surface area (Å²) in [5.41, 5.74) is -0.160. The van der Waals surface area contributed by atoms with Crippen LogP contribution in [0.1, 0.15) is 20.7 Å². The molecule has 0 saturated carbocycles. The van der Waals surface area contributed by atoms with Crippen LogP contribution in [0.15, 0.2) is 30.3 Å². The van der Waals surface area contributed by atoms with Crippen molar-refractivity contribution in [1.29, 1.82) is 0 Å². The fourth-order valence-electron chi connectivity index (χ4n) is 3.09. The third kappa shape index (κ3) is 2.40. The number of hydrogen-bond acceptors (Lipinski definition) is 5. The Morgan fingerprint density at radius 1 is 1.11 bits per heavy atom. The van der Waals surface area contributed by atoms with Crippen molar-refractivity contribution < 1.29 is 28.6 Å². The Kier molecular flexibility index (Phi) is 3.59. The molecule has 0 saturated heterocycles. The van der Waals surface area contributed by atoms with Gasteiger partial charge in [0.05, 0.1) is 29.0 Å². The van der Waals surface area contributed by atoms with Crippen LogP contribution in [-0.4, -0.2) is 36.0 Å². The first-order valence-electron chi connectivity index (χ1n) is 7.84. The summed E-state index contributed by atoms with van der Waals surface area (Å²) in [6.45, 7) is -0.365. The van der Waals surface area contributed by atoms with Gasteiger partial charge in [-0.25, -0.2) is 9.29 Å². The first-order valence-corrected chi connectivity index (χ1v) is 7.84. The van der Waals surface area contributed by atoms with E-state index in [-0.39, 0.29) is 47.2 Å². The number of carbonyl (C=O) groups excluding carboxylic acids is 3. The number of phenolic OH excluding ortho intramolecular Hbond substituents is 1. The van der Waals surface area contributed by atoms with E-state index in [0.29, 0.717) is 4.90 Å². The number of phenols is 1. The molecule has 4 rings (SSSR count). The second kappa shape index (κ2) is 5.85. The van der Waals surface area contributed by atoms with Crippen LogP contribution in [0.4, 0.5) is 15.8 Å². The number of anilines is 2. The molecule has 1 N–H and O–H groups in total. The fourth-order valence-corrected chi connectivity index (χ4v) is 3.09. The molecule has 2 aliphatic heterocycles. The Bertz CT molecular complexity index is 1070. The van der Waals surface area contributed by atoms with E-state index in [0.717, 1.165) is 12.1 Å². The average molecular weight is 366 g/mol. The lowest BCUT2D eigenvalue weighted by molar-refractivity contribution is -0.121. The molecule has 2 heterocycles. The number of fused-ring (bicyclic) bond motifs is 2. The van der Waals surface area contributed by atoms with E-state index in [2.05, 4.69) is 5.92 Å². The molecule has 27 heavy (non-hydrogen) atoms. The van der Waals surface area contributed by atoms with E-state index in [1.807, 2.05) is 0 Å². The van der Waals surface area contributed by atoms with Crippen LogP contribution in [0, 0.1) is 18.2 Å². The molecule has 0 spiro atoms. The maximum absolute atomic E-state index is 14.7. The lowest BCUT2D eigenvalue weighted by atomic mass is 10.1. The third-order valence-corrected chi connectivity index (χ3v) is 4.33. The molecule has 0 aliphatic carbocycles. The number of benzene rings is 2. The maximum atomic E-state index is 14.7. The van der Waals surface area contributed by atoms with E-state index in [1.165, 1.54) is 23.1 Å². The monoisotopic (exact) mass is 366 g/mol. The second-order valence-electron chi connectivity index (χ2n) is 5.92. The van der Waals surface area contributed by atoms with Gasteiger partial charge in [-0.05, 0) is 24.3 Å². The number of rotatable bonds is 2. The number of ether oxygens (including phenoxy) is 1. The van der Waals surface area contributed by atoms with E-state index < -0.39 is 23.5 Å². The van der Waals surface area contributed by atoms with Crippen LogP contribution in [0.25, 0.3) is 0 Å². The van der Waals surface area contributed by atoms with Gasteiger partial charge in [-0.3, -0.25) is 19.3 Å². The number of nitrogens with zero attached hydrogens (tertiary/aromatic N) is 2. The molecule has 0 unspecified atom stereocenters. The molecule has 134 valence electrons. The summed E-state index contributed by atoms with van der Waals surface area (Å²) in [4.78, 5) is 39.2. The Labute approximate surface area is 152 Å². The van der Waals surface area contributed by atoms with Gasteiger partial charge in [0.15, 0.2) is 12.4 Å². The minimum absolute atomic E-state index is 0.0371. The van der Waals surface area contributed by atoms with Crippen molar-refractivity contribution in [3.8, 4) is 23.8 Å². The smallest absolute Gasteiger partial charge is 0.266 e. The molecule has 0 atom stereocenters. The quantitative estimate of drug-likeness (QED) is 0.646. The second-order valence-corrected chi connectivity index (χ2v) is 5.92. The van der Waals surface area contributed by atoms with Crippen LogP contribution in [0.3, 0.4) is 0 Å². The molecular weight excluding hydrogens is 355 g/mol. The van der Waals surface area contributed by atoms with Crippen molar-refractivity contribution in [1.82, 2.24) is 0 Å². The van der Waals surface area contributed by atoms with Crippen LogP contribution in [0.2, 0.25) is 0 Å². The van der Waals surface area contributed by atoms with E-state index in [4.69, 9.17) is 11.2 Å². The maximum Gasteiger partial charge on any atom is 0.266 e. The molecule has 0 radical (unpaired) electrons. The summed E-state index contributed by atoms with van der Waals surface area (Å²) in [6, 6.07) is 5.88. The number of halogens is 1. The zero-order chi connectivity index (χ0) is 19.3. The molecule has 0 fully saturated rings. The van der Waals surface area contributed by atoms with Crippen LogP contribution in [0.5, 0.6) is 11.5 Å². The summed E-state index contributed by atoms with van der Waals surface area (Å²) in [5.74, 6) is -0.594. The topological polar surface area (TPSA) is 87.2 Å². The van der Waals surface area contributed by atoms with Gasteiger partial charge in [-0.2, -0.15) is 0 Å². The zero-order valence-corrected chi connectivity index (χ0v) is 13.7. The van der Waals surface area contributed by atoms with Crippen LogP contribution < -0.4 is 14.5 Å². The largest absolute Gasteiger partial charge is 0.508 e. The predicted molar refractivity (Wildman–Crippen MR) is 92.3 cm³/mol. The predicted octanol–water partition coefficient (Wildman–Crippen LogP) is 1.69. The van der Waals surface area contributed by atoms with Gasteiger partial charge in [-0.1, -0.05) is 5.92 Å². The van der Waals surface area contributed by atoms with Crippen molar-refractivity contribution in [3.63, 3.8) is 0 Å². The standard InChI is InChI=1S/C19H11FN2O5/c1-2-5-21-15-8-14(13(20)7-16(15)27-9-17(21)24)22-18(25)11-4-3-10(23)6-12(11)19(22)26/h1,3-4,6-8,23H,5,9H2. The Balaban J connectivity index is 1.84. The zero-order valence-electron chi connectivity index (χ0n) is 13.7. The number of terminal acetylenes is 1. The summed E-state index contributed by atoms with van der Waals surface area (Å²) >= 11 is 0. The molecule has 0 aromatic heterocycles. The number of aromatic hydroxyl groups is 1. The van der Waals surface area contributed by atoms with Gasteiger partial charge in [-0.15, -0.1) is 6.42 Å². The van der Waals surface area contributed by atoms with Crippen molar-refractivity contribution in [3.05, 3.63) is 47.3 Å². The minimum atomic E-state index is -0.873. The van der Waals surface area contributed by atoms with Crippen molar-refractivity contribution in [2.45, 2.75) is 0 Å². The average Bonchev–Trinajstić information content (AvgIpc) is 2.88. The summed E-state index contributed by atoms with van der Waals surface area (Å²) < 4.78 is 19.9. The summed E-state index contributed by atoms with van der Waals surface area (Å²) in [5, 5.41) is 9.56. The van der Waals surface area contributed by atoms with Gasteiger partial charge in [0.1, 0.15) is 11.5 Å². The van der Waals surface area contributed by atoms with Gasteiger partial charge in [0.2, 0.25) is 0 Å². The van der Waals surface area contributed by atoms with E-state index in [1.54, 1.807) is 0 Å². The van der Waals surface area contributed by atoms with Crippen molar-refractivity contribution in [2.75, 3.05) is 23.0 Å². The highest BCUT2D eigenvalue weighted by Crippen LogP contribution is 2.40. The number of imide groups is 1. The number of amides is 3. The first kappa shape index (κ1) is 16.6. The van der Waals surface area contributed by atoms with Gasteiger partial charge in [0.25, 0.3) is 17.7 Å². The first-order chi connectivity index (χ1) is 12.9. The lowest BCUT2D eigenvalue weighted by Gasteiger charge is -2.29. The minimum Gasteiger partial charge on any atom is -0.508 e. The summed E-state index contributed by atoms with van der Waals surface area (Å²) in [7, 11) is 0. The van der Waals surface area contributed by atoms with Crippen LogP contribution in [-0.2, 0) is 4.79 Å². The molecule has 7 nitrogen and oxygen atoms in total. The van der Waals surface area contributed by atoms with Crippen molar-refractivity contribution >= 4 is 29.1 Å². The van der Waals surface area contributed by atoms with Gasteiger partial charge in [0, 0.05) is 6.07 Å². The SMILES string of the molecule is C#CCN1C(=O)COc2cc(F)c(N3C(=O)c4ccc(O)cc4C3=O)cc21. The fraction of sp³-hybridized carbons (Fsp3) is 0.105. The third-order valence-electron chi connectivity index (χ3n) is 4.33. The molecule has 2 aliphatic rings. The van der Waals surface area contributed by atoms with Gasteiger partial charge < -0.3 is 9.84 Å². The number of hydrogen-bond donors (Lipinski definition) is 1. The highest BCUT2D eigenvalue weighted by Gasteiger charge is 2.39. The van der Waals surface area contributed by atoms with Gasteiger partial charge >= 0.3 is 0 Å². The summed E-state index contributed by atoms with van der Waals surface area (Å²) in [6.07, 6.45) is 5.28. The number of carbonyl (C=O) groups is 3. The Hall–Kier alpha value is -3.86.